The largest absolute Gasteiger partial charge is 0.490 e. The topological polar surface area (TPSA) is 89.5 Å². The molecule has 302 valence electrons. The molecule has 0 bridgehead atoms. The molecule has 8 nitrogen and oxygen atoms in total. The number of carbonyl (C=O) groups excluding carboxylic acids is 2. The van der Waals surface area contributed by atoms with Gasteiger partial charge in [0.25, 0.3) is 0 Å². The van der Waals surface area contributed by atoms with E-state index < -0.39 is 29.6 Å². The van der Waals surface area contributed by atoms with Gasteiger partial charge in [0.05, 0.1) is 30.8 Å². The van der Waals surface area contributed by atoms with E-state index in [4.69, 9.17) is 28.4 Å². The zero-order valence-corrected chi connectivity index (χ0v) is 35.2. The number of hydrogen-bond acceptors (Lipinski definition) is 8. The van der Waals surface area contributed by atoms with E-state index in [-0.39, 0.29) is 25.4 Å². The number of esters is 2. The first-order valence-corrected chi connectivity index (χ1v) is 19.7. The first-order valence-electron chi connectivity index (χ1n) is 19.7. The lowest BCUT2D eigenvalue weighted by Crippen LogP contribution is -2.30. The first-order chi connectivity index (χ1) is 27.0. The minimum absolute atomic E-state index is 0.231. The van der Waals surface area contributed by atoms with Crippen molar-refractivity contribution >= 4 is 11.9 Å². The van der Waals surface area contributed by atoms with Crippen molar-refractivity contribution in [3.8, 4) is 22.6 Å². The van der Waals surface area contributed by atoms with Crippen molar-refractivity contribution in [1.29, 1.82) is 0 Å². The summed E-state index contributed by atoms with van der Waals surface area (Å²) in [4.78, 5) is 23.8. The van der Waals surface area contributed by atoms with Crippen LogP contribution in [0, 0.1) is 27.7 Å². The molecule has 0 spiro atoms. The van der Waals surface area contributed by atoms with E-state index in [1.165, 1.54) is 22.3 Å². The van der Waals surface area contributed by atoms with Gasteiger partial charge in [-0.3, -0.25) is 0 Å². The lowest BCUT2D eigenvalue weighted by atomic mass is 9.66. The first kappa shape index (κ1) is 43.0. The third kappa shape index (κ3) is 9.52. The number of hydrogen-bond donors (Lipinski definition) is 0. The molecule has 0 saturated carbocycles. The molecule has 4 atom stereocenters. The Labute approximate surface area is 338 Å². The fourth-order valence-corrected chi connectivity index (χ4v) is 7.54. The van der Waals surface area contributed by atoms with E-state index in [1.54, 1.807) is 27.7 Å². The van der Waals surface area contributed by atoms with Crippen LogP contribution in [0.5, 0.6) is 11.5 Å². The molecule has 0 heterocycles. The zero-order chi connectivity index (χ0) is 41.6. The van der Waals surface area contributed by atoms with Crippen LogP contribution in [-0.4, -0.2) is 62.8 Å². The summed E-state index contributed by atoms with van der Waals surface area (Å²) in [6, 6.07) is 26.4. The standard InChI is InChI=1S/C49H58O8/c1-29(2)47(50)56-37(11)27-52-35(9)25-54-45-31(5)21-39(22-32(45)6)49(43-19-15-13-17-41(43)42-18-14-16-20-44(42)49)40-23-33(7)46(34(8)24-40)55-26-36(10)53-28-38(12)57-48(51)30(3)4/h13-24,35-38H,1,3,25-28H2,2,4-12H3. The van der Waals surface area contributed by atoms with Crippen molar-refractivity contribution in [3.05, 3.63) is 142 Å². The predicted molar refractivity (Wildman–Crippen MR) is 225 cm³/mol. The molecule has 1 aliphatic carbocycles. The van der Waals surface area contributed by atoms with Gasteiger partial charge in [-0.25, -0.2) is 9.59 Å². The van der Waals surface area contributed by atoms with Crippen LogP contribution in [0.2, 0.25) is 0 Å². The monoisotopic (exact) mass is 774 g/mol. The summed E-state index contributed by atoms with van der Waals surface area (Å²) in [5.74, 6) is 0.789. The van der Waals surface area contributed by atoms with Gasteiger partial charge in [-0.2, -0.15) is 0 Å². The van der Waals surface area contributed by atoms with E-state index in [2.05, 4.69) is 114 Å². The number of ether oxygens (including phenoxy) is 6. The second-order valence-corrected chi connectivity index (χ2v) is 15.6. The molecule has 0 saturated heterocycles. The van der Waals surface area contributed by atoms with Gasteiger partial charge in [-0.1, -0.05) is 86.0 Å². The van der Waals surface area contributed by atoms with Gasteiger partial charge in [0.15, 0.2) is 0 Å². The highest BCUT2D eigenvalue weighted by atomic mass is 16.6. The van der Waals surface area contributed by atoms with Crippen molar-refractivity contribution in [2.75, 3.05) is 26.4 Å². The Balaban J connectivity index is 1.44. The quantitative estimate of drug-likeness (QED) is 0.0643. The van der Waals surface area contributed by atoms with Crippen LogP contribution in [0.4, 0.5) is 0 Å². The number of fused-ring (bicyclic) bond motifs is 3. The highest BCUT2D eigenvalue weighted by Crippen LogP contribution is 2.57. The normalized spacial score (nSPS) is 14.7. The maximum Gasteiger partial charge on any atom is 0.333 e. The molecule has 4 unspecified atom stereocenters. The van der Waals surface area contributed by atoms with Crippen LogP contribution in [0.25, 0.3) is 11.1 Å². The summed E-state index contributed by atoms with van der Waals surface area (Å²) in [6.07, 6.45) is -1.27. The van der Waals surface area contributed by atoms with E-state index in [0.29, 0.717) is 24.4 Å². The second kappa shape index (κ2) is 18.4. The smallest absolute Gasteiger partial charge is 0.333 e. The highest BCUT2D eigenvalue weighted by Gasteiger charge is 2.46. The van der Waals surface area contributed by atoms with Gasteiger partial charge in [0, 0.05) is 11.1 Å². The van der Waals surface area contributed by atoms with Crippen LogP contribution in [0.3, 0.4) is 0 Å². The van der Waals surface area contributed by atoms with Gasteiger partial charge in [-0.15, -0.1) is 0 Å². The lowest BCUT2D eigenvalue weighted by Gasteiger charge is -2.35. The average molecular weight is 775 g/mol. The Morgan fingerprint density at radius 2 is 0.877 bits per heavy atom. The van der Waals surface area contributed by atoms with Crippen LogP contribution in [-0.2, 0) is 34.0 Å². The number of aryl methyl sites for hydroxylation is 4. The van der Waals surface area contributed by atoms with E-state index in [1.807, 2.05) is 13.8 Å². The van der Waals surface area contributed by atoms with Crippen LogP contribution >= 0.6 is 0 Å². The van der Waals surface area contributed by atoms with Crippen molar-refractivity contribution in [2.45, 2.75) is 99.1 Å². The van der Waals surface area contributed by atoms with Gasteiger partial charge in [0.1, 0.15) is 36.9 Å². The molecule has 57 heavy (non-hydrogen) atoms. The molecule has 0 aliphatic heterocycles. The lowest BCUT2D eigenvalue weighted by molar-refractivity contribution is -0.148. The fourth-order valence-electron chi connectivity index (χ4n) is 7.54. The molecule has 4 aromatic rings. The molecule has 0 N–H and O–H groups in total. The number of benzene rings is 4. The van der Waals surface area contributed by atoms with Crippen molar-refractivity contribution in [1.82, 2.24) is 0 Å². The summed E-state index contributed by atoms with van der Waals surface area (Å²) in [6.45, 7) is 27.6. The van der Waals surface area contributed by atoms with Gasteiger partial charge in [0.2, 0.25) is 0 Å². The van der Waals surface area contributed by atoms with Crippen molar-refractivity contribution in [3.63, 3.8) is 0 Å². The number of carbonyl (C=O) groups is 2. The molecule has 0 fully saturated rings. The predicted octanol–water partition coefficient (Wildman–Crippen LogP) is 9.87. The summed E-state index contributed by atoms with van der Waals surface area (Å²) in [7, 11) is 0. The summed E-state index contributed by atoms with van der Waals surface area (Å²) < 4.78 is 35.6. The third-order valence-corrected chi connectivity index (χ3v) is 10.2. The zero-order valence-electron chi connectivity index (χ0n) is 35.2. The van der Waals surface area contributed by atoms with Gasteiger partial charge >= 0.3 is 11.9 Å². The Morgan fingerprint density at radius 1 is 0.544 bits per heavy atom. The minimum Gasteiger partial charge on any atom is -0.490 e. The maximum absolute atomic E-state index is 11.9. The summed E-state index contributed by atoms with van der Waals surface area (Å²) in [5.41, 5.74) is 11.3. The molecule has 0 amide bonds. The van der Waals surface area contributed by atoms with Gasteiger partial charge < -0.3 is 28.4 Å². The van der Waals surface area contributed by atoms with Crippen molar-refractivity contribution in [2.24, 2.45) is 0 Å². The number of rotatable bonds is 18. The molecular weight excluding hydrogens is 717 g/mol. The van der Waals surface area contributed by atoms with Crippen LogP contribution in [0.15, 0.2) is 97.1 Å². The van der Waals surface area contributed by atoms with Crippen molar-refractivity contribution < 1.29 is 38.0 Å². The van der Waals surface area contributed by atoms with E-state index in [0.717, 1.165) is 44.9 Å². The summed E-state index contributed by atoms with van der Waals surface area (Å²) >= 11 is 0. The molecular formula is C49H58O8. The Kier molecular flexibility index (Phi) is 13.9. The molecule has 0 aromatic heterocycles. The molecule has 5 rings (SSSR count). The minimum atomic E-state index is -0.614. The maximum atomic E-state index is 11.9. The fraction of sp³-hybridized carbons (Fsp3) is 0.388. The van der Waals surface area contributed by atoms with Crippen LogP contribution in [0.1, 0.15) is 86.1 Å². The summed E-state index contributed by atoms with van der Waals surface area (Å²) in [5, 5.41) is 0. The highest BCUT2D eigenvalue weighted by molar-refractivity contribution is 5.88. The van der Waals surface area contributed by atoms with Gasteiger partial charge in [-0.05, 0) is 125 Å². The molecule has 8 heteroatoms. The Bertz CT molecular complexity index is 1930. The van der Waals surface area contributed by atoms with E-state index >= 15 is 0 Å². The average Bonchev–Trinajstić information content (AvgIpc) is 3.46. The van der Waals surface area contributed by atoms with Crippen LogP contribution < -0.4 is 9.47 Å². The SMILES string of the molecule is C=C(C)C(=O)OC(C)COC(C)COc1c(C)cc(C2(c3cc(C)c(OCC(C)OCC(C)OC(=O)C(=C)C)c(C)c3)c3ccccc3-c3ccccc32)cc1C. The molecule has 4 aromatic carbocycles. The molecule has 0 radical (unpaired) electrons. The Hall–Kier alpha value is -5.18. The van der Waals surface area contributed by atoms with E-state index in [9.17, 15) is 9.59 Å². The Morgan fingerprint density at radius 3 is 1.21 bits per heavy atom. The second-order valence-electron chi connectivity index (χ2n) is 15.6. The molecule has 1 aliphatic rings. The third-order valence-electron chi connectivity index (χ3n) is 10.2.